The molecule has 0 spiro atoms. The van der Waals surface area contributed by atoms with Crippen LogP contribution in [0.5, 0.6) is 11.5 Å². The van der Waals surface area contributed by atoms with E-state index in [1.165, 1.54) is 0 Å². The Bertz CT molecular complexity index is 879. The predicted molar refractivity (Wildman–Crippen MR) is 112 cm³/mol. The molecule has 1 fully saturated rings. The normalized spacial score (nSPS) is 18.9. The number of fused-ring (bicyclic) bond motifs is 1. The maximum Gasteiger partial charge on any atom is 0.253 e. The lowest BCUT2D eigenvalue weighted by molar-refractivity contribution is -0.126. The van der Waals surface area contributed by atoms with Crippen LogP contribution in [-0.2, 0) is 4.79 Å². The van der Waals surface area contributed by atoms with Crippen molar-refractivity contribution in [3.05, 3.63) is 58.6 Å². The van der Waals surface area contributed by atoms with Crippen molar-refractivity contribution in [2.24, 2.45) is 5.92 Å². The number of amides is 2. The monoisotopic (exact) mass is 458 g/mol. The molecule has 2 aromatic rings. The molecule has 2 amide bonds. The number of rotatable bonds is 4. The largest absolute Gasteiger partial charge is 0.486 e. The molecule has 6 nitrogen and oxygen atoms in total. The zero-order valence-corrected chi connectivity index (χ0v) is 17.6. The Morgan fingerprint density at radius 3 is 2.45 bits per heavy atom. The first-order chi connectivity index (χ1) is 14.1. The highest BCUT2D eigenvalue weighted by atomic mass is 79.9. The molecule has 1 atom stereocenters. The molecule has 2 aliphatic rings. The maximum atomic E-state index is 12.6. The number of ether oxygens (including phenoxy) is 2. The summed E-state index contributed by atoms with van der Waals surface area (Å²) in [6.45, 7) is 2.00. The minimum absolute atomic E-state index is 0.0165. The minimum atomic E-state index is -0.201. The van der Waals surface area contributed by atoms with Crippen molar-refractivity contribution in [2.45, 2.75) is 18.9 Å². The Morgan fingerprint density at radius 2 is 1.72 bits per heavy atom. The molecule has 1 N–H and O–H groups in total. The first-order valence-electron chi connectivity index (χ1n) is 9.81. The smallest absolute Gasteiger partial charge is 0.253 e. The summed E-state index contributed by atoms with van der Waals surface area (Å²) in [6, 6.07) is 14.9. The number of benzene rings is 2. The number of likely N-dealkylation sites (tertiary alicyclic amines) is 1. The van der Waals surface area contributed by atoms with Crippen LogP contribution < -0.4 is 14.8 Å². The van der Waals surface area contributed by atoms with Gasteiger partial charge in [0.1, 0.15) is 12.7 Å². The zero-order chi connectivity index (χ0) is 20.2. The molecule has 0 radical (unpaired) electrons. The van der Waals surface area contributed by atoms with E-state index in [4.69, 9.17) is 9.47 Å². The fourth-order valence-electron chi connectivity index (χ4n) is 3.64. The van der Waals surface area contributed by atoms with Gasteiger partial charge < -0.3 is 19.7 Å². The van der Waals surface area contributed by atoms with Gasteiger partial charge in [-0.25, -0.2) is 0 Å². The molecule has 2 aliphatic heterocycles. The quantitative estimate of drug-likeness (QED) is 0.763. The molecule has 0 saturated carbocycles. The highest BCUT2D eigenvalue weighted by Gasteiger charge is 2.29. The Morgan fingerprint density at radius 1 is 1.03 bits per heavy atom. The van der Waals surface area contributed by atoms with E-state index in [-0.39, 0.29) is 23.8 Å². The van der Waals surface area contributed by atoms with Gasteiger partial charge in [0, 0.05) is 29.0 Å². The van der Waals surface area contributed by atoms with Gasteiger partial charge in [-0.3, -0.25) is 9.59 Å². The summed E-state index contributed by atoms with van der Waals surface area (Å²) in [6.07, 6.45) is 1.13. The summed E-state index contributed by atoms with van der Waals surface area (Å²) >= 11 is 3.38. The van der Waals surface area contributed by atoms with Crippen molar-refractivity contribution >= 4 is 27.7 Å². The molecule has 0 aliphatic carbocycles. The van der Waals surface area contributed by atoms with Crippen molar-refractivity contribution in [2.75, 3.05) is 26.2 Å². The fraction of sp³-hybridized carbons (Fsp3) is 0.364. The lowest BCUT2D eigenvalue weighted by atomic mass is 9.95. The highest BCUT2D eigenvalue weighted by Crippen LogP contribution is 2.30. The first kappa shape index (κ1) is 19.8. The number of para-hydroxylation sites is 2. The molecule has 152 valence electrons. The Kier molecular flexibility index (Phi) is 6.04. The molecule has 29 heavy (non-hydrogen) atoms. The van der Waals surface area contributed by atoms with Crippen molar-refractivity contribution < 1.29 is 19.1 Å². The number of nitrogens with zero attached hydrogens (tertiary/aromatic N) is 1. The summed E-state index contributed by atoms with van der Waals surface area (Å²) in [5, 5.41) is 2.98. The molecule has 4 rings (SSSR count). The predicted octanol–water partition coefficient (Wildman–Crippen LogP) is 3.26. The van der Waals surface area contributed by atoms with E-state index in [9.17, 15) is 9.59 Å². The average molecular weight is 459 g/mol. The van der Waals surface area contributed by atoms with E-state index >= 15 is 0 Å². The number of carbonyl (C=O) groups excluding carboxylic acids is 2. The van der Waals surface area contributed by atoms with E-state index in [1.54, 1.807) is 0 Å². The van der Waals surface area contributed by atoms with Crippen LogP contribution in [0.25, 0.3) is 0 Å². The van der Waals surface area contributed by atoms with Crippen LogP contribution in [-0.4, -0.2) is 49.1 Å². The Hall–Kier alpha value is -2.54. The SMILES string of the molecule is O=C(NCC1COc2ccccc2O1)C1CCN(C(=O)c2ccc(Br)cc2)CC1. The van der Waals surface area contributed by atoms with Crippen molar-refractivity contribution in [1.82, 2.24) is 10.2 Å². The molecule has 7 heteroatoms. The van der Waals surface area contributed by atoms with Crippen LogP contribution >= 0.6 is 15.9 Å². The average Bonchev–Trinajstić information content (AvgIpc) is 2.77. The van der Waals surface area contributed by atoms with Crippen LogP contribution in [0, 0.1) is 5.92 Å². The van der Waals surface area contributed by atoms with Gasteiger partial charge in [-0.2, -0.15) is 0 Å². The van der Waals surface area contributed by atoms with Gasteiger partial charge >= 0.3 is 0 Å². The molecule has 0 aromatic heterocycles. The van der Waals surface area contributed by atoms with E-state index in [2.05, 4.69) is 21.2 Å². The van der Waals surface area contributed by atoms with E-state index in [1.807, 2.05) is 53.4 Å². The molecule has 1 unspecified atom stereocenters. The van der Waals surface area contributed by atoms with E-state index in [0.29, 0.717) is 50.4 Å². The van der Waals surface area contributed by atoms with Crippen LogP contribution in [0.3, 0.4) is 0 Å². The third kappa shape index (κ3) is 4.72. The third-order valence-electron chi connectivity index (χ3n) is 5.32. The van der Waals surface area contributed by atoms with Crippen LogP contribution in [0.4, 0.5) is 0 Å². The van der Waals surface area contributed by atoms with E-state index < -0.39 is 0 Å². The van der Waals surface area contributed by atoms with Gasteiger partial charge in [0.05, 0.1) is 6.54 Å². The maximum absolute atomic E-state index is 12.6. The van der Waals surface area contributed by atoms with Crippen molar-refractivity contribution in [1.29, 1.82) is 0 Å². The molecule has 2 aromatic carbocycles. The summed E-state index contributed by atoms with van der Waals surface area (Å²) in [7, 11) is 0. The number of nitrogens with one attached hydrogen (secondary N) is 1. The lowest BCUT2D eigenvalue weighted by Gasteiger charge is -2.32. The molecular weight excluding hydrogens is 436 g/mol. The van der Waals surface area contributed by atoms with Gasteiger partial charge in [-0.15, -0.1) is 0 Å². The standard InChI is InChI=1S/C22H23BrN2O4/c23-17-7-5-16(6-8-17)22(27)25-11-9-15(10-12-25)21(26)24-13-18-14-28-19-3-1-2-4-20(19)29-18/h1-8,15,18H,9-14H2,(H,24,26). The van der Waals surface area contributed by atoms with Crippen LogP contribution in [0.2, 0.25) is 0 Å². The second-order valence-corrected chi connectivity index (χ2v) is 8.23. The second kappa shape index (κ2) is 8.86. The summed E-state index contributed by atoms with van der Waals surface area (Å²) in [5.41, 5.74) is 0.672. The van der Waals surface area contributed by atoms with Gasteiger partial charge in [0.25, 0.3) is 5.91 Å². The molecule has 0 bridgehead atoms. The summed E-state index contributed by atoms with van der Waals surface area (Å²) in [4.78, 5) is 27.0. The molecule has 1 saturated heterocycles. The zero-order valence-electron chi connectivity index (χ0n) is 16.0. The summed E-state index contributed by atoms with van der Waals surface area (Å²) in [5.74, 6) is 1.39. The lowest BCUT2D eigenvalue weighted by Crippen LogP contribution is -2.46. The Labute approximate surface area is 178 Å². The molecule has 2 heterocycles. The topological polar surface area (TPSA) is 67.9 Å². The van der Waals surface area contributed by atoms with Crippen LogP contribution in [0.15, 0.2) is 53.0 Å². The summed E-state index contributed by atoms with van der Waals surface area (Å²) < 4.78 is 12.5. The number of hydrogen-bond acceptors (Lipinski definition) is 4. The third-order valence-corrected chi connectivity index (χ3v) is 5.84. The number of piperidine rings is 1. The first-order valence-corrected chi connectivity index (χ1v) is 10.6. The van der Waals surface area contributed by atoms with Crippen molar-refractivity contribution in [3.63, 3.8) is 0 Å². The number of carbonyl (C=O) groups is 2. The van der Waals surface area contributed by atoms with E-state index in [0.717, 1.165) is 10.2 Å². The van der Waals surface area contributed by atoms with Gasteiger partial charge in [0.15, 0.2) is 11.5 Å². The number of hydrogen-bond donors (Lipinski definition) is 1. The van der Waals surface area contributed by atoms with Crippen molar-refractivity contribution in [3.8, 4) is 11.5 Å². The highest BCUT2D eigenvalue weighted by molar-refractivity contribution is 9.10. The Balaban J connectivity index is 1.23. The minimum Gasteiger partial charge on any atom is -0.486 e. The fourth-order valence-corrected chi connectivity index (χ4v) is 3.91. The van der Waals surface area contributed by atoms with Crippen LogP contribution in [0.1, 0.15) is 23.2 Å². The van der Waals surface area contributed by atoms with Gasteiger partial charge in [-0.1, -0.05) is 28.1 Å². The number of halogens is 1. The second-order valence-electron chi connectivity index (χ2n) is 7.32. The molecular formula is C22H23BrN2O4. The van der Waals surface area contributed by atoms with Gasteiger partial charge in [-0.05, 0) is 49.2 Å². The van der Waals surface area contributed by atoms with Gasteiger partial charge in [0.2, 0.25) is 5.91 Å².